The molecule has 0 saturated heterocycles. The third-order valence-electron chi connectivity index (χ3n) is 2.97. The van der Waals surface area contributed by atoms with Crippen molar-refractivity contribution >= 4 is 22.3 Å². The summed E-state index contributed by atoms with van der Waals surface area (Å²) in [6.07, 6.45) is 1.42. The fourth-order valence-electron chi connectivity index (χ4n) is 2.07. The van der Waals surface area contributed by atoms with Gasteiger partial charge in [-0.05, 0) is 23.3 Å². The summed E-state index contributed by atoms with van der Waals surface area (Å²) in [4.78, 5) is 11.9. The first-order valence-electron chi connectivity index (χ1n) is 5.98. The zero-order valence-corrected chi connectivity index (χ0v) is 11.3. The molecule has 0 aliphatic rings. The lowest BCUT2D eigenvalue weighted by Gasteiger charge is -2.09. The van der Waals surface area contributed by atoms with Crippen LogP contribution in [0, 0.1) is 6.92 Å². The van der Waals surface area contributed by atoms with Crippen LogP contribution in [0.5, 0.6) is 0 Å². The van der Waals surface area contributed by atoms with Crippen LogP contribution in [0.4, 0.5) is 0 Å². The van der Waals surface area contributed by atoms with E-state index < -0.39 is 5.97 Å². The molecule has 0 amide bonds. The van der Waals surface area contributed by atoms with Crippen LogP contribution in [0.1, 0.15) is 11.1 Å². The Morgan fingerprint density at radius 3 is 2.63 bits per heavy atom. The van der Waals surface area contributed by atoms with Crippen molar-refractivity contribution in [2.24, 2.45) is 0 Å². The van der Waals surface area contributed by atoms with E-state index in [0.29, 0.717) is 5.57 Å². The number of benzene rings is 2. The summed E-state index contributed by atoms with van der Waals surface area (Å²) in [6.45, 7) is 2.02. The Hall–Kier alpha value is -2.29. The molecule has 0 atom stereocenters. The average Bonchev–Trinajstić information content (AvgIpc) is 2.43. The van der Waals surface area contributed by atoms with Gasteiger partial charge in [0.15, 0.2) is 0 Å². The Bertz CT molecular complexity index is 641. The van der Waals surface area contributed by atoms with Gasteiger partial charge in [0, 0.05) is 0 Å². The molecule has 0 aliphatic heterocycles. The Balaban J connectivity index is 2.69. The summed E-state index contributed by atoms with van der Waals surface area (Å²) in [5.41, 5.74) is 2.37. The third kappa shape index (κ3) is 2.60. The molecule has 2 aromatic carbocycles. The fraction of sp³-hybridized carbons (Fsp3) is 0.188. The zero-order chi connectivity index (χ0) is 13.8. The summed E-state index contributed by atoms with van der Waals surface area (Å²) in [7, 11) is 2.88. The van der Waals surface area contributed by atoms with Crippen LogP contribution in [-0.2, 0) is 14.3 Å². The largest absolute Gasteiger partial charge is 0.503 e. The number of hydrogen-bond donors (Lipinski definition) is 0. The van der Waals surface area contributed by atoms with Gasteiger partial charge in [0.05, 0.1) is 20.5 Å². The highest BCUT2D eigenvalue weighted by molar-refractivity contribution is 6.19. The molecule has 0 N–H and O–H groups in total. The minimum atomic E-state index is -0.407. The summed E-state index contributed by atoms with van der Waals surface area (Å²) >= 11 is 0. The molecule has 0 spiro atoms. The van der Waals surface area contributed by atoms with E-state index in [4.69, 9.17) is 9.47 Å². The number of methoxy groups -OCH3 is 2. The van der Waals surface area contributed by atoms with Crippen LogP contribution in [0.3, 0.4) is 0 Å². The number of aryl methyl sites for hydroxylation is 1. The quantitative estimate of drug-likeness (QED) is 0.480. The van der Waals surface area contributed by atoms with Gasteiger partial charge in [-0.1, -0.05) is 42.0 Å². The van der Waals surface area contributed by atoms with E-state index in [1.807, 2.05) is 37.3 Å². The van der Waals surface area contributed by atoms with Crippen molar-refractivity contribution in [3.63, 3.8) is 0 Å². The molecule has 0 unspecified atom stereocenters. The molecule has 3 heteroatoms. The molecular formula is C16H16O3. The van der Waals surface area contributed by atoms with Crippen molar-refractivity contribution in [1.29, 1.82) is 0 Å². The number of esters is 1. The minimum absolute atomic E-state index is 0.407. The standard InChI is InChI=1S/C16H16O3/c1-11-7-8-12-5-4-6-13(14(12)9-11)15(10-18-2)16(17)19-3/h4-10H,1-3H3. The monoisotopic (exact) mass is 256 g/mol. The molecule has 0 fully saturated rings. The van der Waals surface area contributed by atoms with Gasteiger partial charge in [0.25, 0.3) is 0 Å². The predicted octanol–water partition coefficient (Wildman–Crippen LogP) is 3.31. The number of carbonyl (C=O) groups excluding carboxylic acids is 1. The van der Waals surface area contributed by atoms with E-state index in [1.165, 1.54) is 20.5 Å². The second-order valence-corrected chi connectivity index (χ2v) is 4.29. The highest BCUT2D eigenvalue weighted by Crippen LogP contribution is 2.27. The van der Waals surface area contributed by atoms with Crippen LogP contribution < -0.4 is 0 Å². The van der Waals surface area contributed by atoms with E-state index in [2.05, 4.69) is 6.07 Å². The molecule has 98 valence electrons. The molecule has 0 heterocycles. The molecule has 0 radical (unpaired) electrons. The molecule has 2 rings (SSSR count). The zero-order valence-electron chi connectivity index (χ0n) is 11.3. The highest BCUT2D eigenvalue weighted by Gasteiger charge is 2.15. The van der Waals surface area contributed by atoms with Crippen LogP contribution >= 0.6 is 0 Å². The first-order valence-corrected chi connectivity index (χ1v) is 5.98. The van der Waals surface area contributed by atoms with Gasteiger partial charge in [0.1, 0.15) is 5.57 Å². The molecule has 0 aromatic heterocycles. The van der Waals surface area contributed by atoms with Gasteiger partial charge >= 0.3 is 5.97 Å². The molecule has 0 saturated carbocycles. The van der Waals surface area contributed by atoms with E-state index >= 15 is 0 Å². The van der Waals surface area contributed by atoms with Gasteiger partial charge in [0.2, 0.25) is 0 Å². The summed E-state index contributed by atoms with van der Waals surface area (Å²) in [5.74, 6) is -0.407. The maximum Gasteiger partial charge on any atom is 0.341 e. The molecule has 0 bridgehead atoms. The van der Waals surface area contributed by atoms with Gasteiger partial charge in [-0.25, -0.2) is 4.79 Å². The number of rotatable bonds is 3. The summed E-state index contributed by atoms with van der Waals surface area (Å²) in [5, 5.41) is 2.09. The van der Waals surface area contributed by atoms with Crippen molar-refractivity contribution in [2.45, 2.75) is 6.92 Å². The van der Waals surface area contributed by atoms with Crippen LogP contribution in [0.15, 0.2) is 42.7 Å². The lowest BCUT2D eigenvalue weighted by Crippen LogP contribution is -2.05. The SMILES string of the molecule is COC=C(C(=O)OC)c1cccc2ccc(C)cc12. The molecule has 2 aromatic rings. The normalized spacial score (nSPS) is 11.4. The smallest absolute Gasteiger partial charge is 0.341 e. The van der Waals surface area contributed by atoms with E-state index in [9.17, 15) is 4.79 Å². The first kappa shape index (κ1) is 13.1. The van der Waals surface area contributed by atoms with E-state index in [1.54, 1.807) is 0 Å². The van der Waals surface area contributed by atoms with Crippen molar-refractivity contribution in [1.82, 2.24) is 0 Å². The van der Waals surface area contributed by atoms with Crippen LogP contribution in [0.25, 0.3) is 16.3 Å². The van der Waals surface area contributed by atoms with Crippen LogP contribution in [-0.4, -0.2) is 20.2 Å². The number of carbonyl (C=O) groups is 1. The summed E-state index contributed by atoms with van der Waals surface area (Å²) < 4.78 is 9.81. The van der Waals surface area contributed by atoms with Crippen molar-refractivity contribution < 1.29 is 14.3 Å². The average molecular weight is 256 g/mol. The fourth-order valence-corrected chi connectivity index (χ4v) is 2.07. The lowest BCUT2D eigenvalue weighted by molar-refractivity contribution is -0.133. The van der Waals surface area contributed by atoms with E-state index in [0.717, 1.165) is 21.9 Å². The maximum atomic E-state index is 11.9. The molecule has 3 nitrogen and oxygen atoms in total. The highest BCUT2D eigenvalue weighted by atomic mass is 16.5. The molecule has 0 aliphatic carbocycles. The number of fused-ring (bicyclic) bond motifs is 1. The van der Waals surface area contributed by atoms with Crippen molar-refractivity contribution in [2.75, 3.05) is 14.2 Å². The van der Waals surface area contributed by atoms with Crippen molar-refractivity contribution in [3.8, 4) is 0 Å². The van der Waals surface area contributed by atoms with Crippen LogP contribution in [0.2, 0.25) is 0 Å². The van der Waals surface area contributed by atoms with Gasteiger partial charge in [-0.3, -0.25) is 0 Å². The Labute approximate surface area is 112 Å². The lowest BCUT2D eigenvalue weighted by atomic mass is 9.97. The summed E-state index contributed by atoms with van der Waals surface area (Å²) in [6, 6.07) is 12.0. The maximum absolute atomic E-state index is 11.9. The molecule has 19 heavy (non-hydrogen) atoms. The number of hydrogen-bond acceptors (Lipinski definition) is 3. The van der Waals surface area contributed by atoms with Crippen molar-refractivity contribution in [3.05, 3.63) is 53.8 Å². The number of ether oxygens (including phenoxy) is 2. The Morgan fingerprint density at radius 1 is 1.16 bits per heavy atom. The predicted molar refractivity (Wildman–Crippen MR) is 75.7 cm³/mol. The van der Waals surface area contributed by atoms with Gasteiger partial charge < -0.3 is 9.47 Å². The Kier molecular flexibility index (Phi) is 3.85. The third-order valence-corrected chi connectivity index (χ3v) is 2.97. The first-order chi connectivity index (χ1) is 9.17. The van der Waals surface area contributed by atoms with E-state index in [-0.39, 0.29) is 0 Å². The molecular weight excluding hydrogens is 240 g/mol. The Morgan fingerprint density at radius 2 is 1.95 bits per heavy atom. The van der Waals surface area contributed by atoms with Gasteiger partial charge in [-0.15, -0.1) is 0 Å². The second-order valence-electron chi connectivity index (χ2n) is 4.29. The second kappa shape index (κ2) is 5.57. The topological polar surface area (TPSA) is 35.5 Å². The van der Waals surface area contributed by atoms with Gasteiger partial charge in [-0.2, -0.15) is 0 Å². The minimum Gasteiger partial charge on any atom is -0.503 e.